The third-order valence-corrected chi connectivity index (χ3v) is 6.12. The van der Waals surface area contributed by atoms with Gasteiger partial charge in [0.2, 0.25) is 0 Å². The Morgan fingerprint density at radius 3 is 1.31 bits per heavy atom. The van der Waals surface area contributed by atoms with E-state index < -0.39 is 0 Å². The van der Waals surface area contributed by atoms with E-state index in [0.717, 1.165) is 11.1 Å². The van der Waals surface area contributed by atoms with Gasteiger partial charge in [-0.3, -0.25) is 0 Å². The van der Waals surface area contributed by atoms with Crippen LogP contribution in [-0.4, -0.2) is 0 Å². The summed E-state index contributed by atoms with van der Waals surface area (Å²) in [4.78, 5) is 0. The topological polar surface area (TPSA) is 61.0 Å². The molecule has 0 heterocycles. The molecule has 0 aliphatic heterocycles. The molecule has 0 saturated carbocycles. The lowest BCUT2D eigenvalue weighted by molar-refractivity contribution is 1.56. The minimum Gasteiger partial charge on any atom is -0.398 e. The highest BCUT2D eigenvalue weighted by atomic mass is 14.5. The summed E-state index contributed by atoms with van der Waals surface area (Å²) in [5, 5.41) is 2.34. The van der Waals surface area contributed by atoms with Crippen molar-refractivity contribution in [3.05, 3.63) is 152 Å². The molecule has 0 aromatic heterocycles. The van der Waals surface area contributed by atoms with Crippen LogP contribution in [0.5, 0.6) is 0 Å². The van der Waals surface area contributed by atoms with Crippen LogP contribution in [0.15, 0.2) is 152 Å². The van der Waals surface area contributed by atoms with Crippen LogP contribution in [0.1, 0.15) is 0 Å². The van der Waals surface area contributed by atoms with Crippen molar-refractivity contribution in [3.8, 4) is 33.4 Å². The van der Waals surface area contributed by atoms with Crippen molar-refractivity contribution in [3.63, 3.8) is 0 Å². The third kappa shape index (κ3) is 5.35. The SMILES string of the molecule is N.Nc1cccc2ccccc12.c1ccc(-c2cccc(-c3ccccc3)c2-c2ccccc2)cc1. The van der Waals surface area contributed by atoms with Crippen molar-refractivity contribution in [2.24, 2.45) is 0 Å². The summed E-state index contributed by atoms with van der Waals surface area (Å²) in [6, 6.07) is 52.5. The molecule has 0 amide bonds. The first-order valence-corrected chi connectivity index (χ1v) is 11.8. The highest BCUT2D eigenvalue weighted by Gasteiger charge is 2.13. The standard InChI is InChI=1S/C24H18.C10H9N.H3N/c1-4-11-19(12-5-1)22-17-10-18-23(20-13-6-2-7-14-20)24(22)21-15-8-3-9-16-21;11-10-7-3-5-8-4-1-2-6-9(8)10;/h1-18H;1-7H,11H2;1H3. The second kappa shape index (κ2) is 11.7. The molecule has 0 aliphatic rings. The Kier molecular flexibility index (Phi) is 7.92. The number of nitrogen functional groups attached to an aromatic ring is 1. The van der Waals surface area contributed by atoms with Crippen molar-refractivity contribution < 1.29 is 0 Å². The Bertz CT molecular complexity index is 1460. The zero-order chi connectivity index (χ0) is 23.9. The Labute approximate surface area is 213 Å². The molecule has 36 heavy (non-hydrogen) atoms. The van der Waals surface area contributed by atoms with Crippen LogP contribution in [0.3, 0.4) is 0 Å². The quantitative estimate of drug-likeness (QED) is 0.255. The molecule has 0 aliphatic carbocycles. The molecule has 0 fully saturated rings. The van der Waals surface area contributed by atoms with Gasteiger partial charge in [0.05, 0.1) is 0 Å². The largest absolute Gasteiger partial charge is 0.398 e. The molecule has 6 rings (SSSR count). The van der Waals surface area contributed by atoms with Gasteiger partial charge in [-0.15, -0.1) is 0 Å². The fourth-order valence-corrected chi connectivity index (χ4v) is 4.44. The lowest BCUT2D eigenvalue weighted by atomic mass is 9.88. The average Bonchev–Trinajstić information content (AvgIpc) is 2.95. The first kappa shape index (κ1) is 24.5. The summed E-state index contributed by atoms with van der Waals surface area (Å²) in [6.45, 7) is 0. The molecule has 0 unspecified atom stereocenters. The van der Waals surface area contributed by atoms with E-state index in [2.05, 4.69) is 121 Å². The monoisotopic (exact) mass is 466 g/mol. The summed E-state index contributed by atoms with van der Waals surface area (Å²) in [5.41, 5.74) is 14.2. The minimum absolute atomic E-state index is 0. The summed E-state index contributed by atoms with van der Waals surface area (Å²) < 4.78 is 0. The zero-order valence-corrected chi connectivity index (χ0v) is 20.2. The van der Waals surface area contributed by atoms with Crippen molar-refractivity contribution in [2.75, 3.05) is 5.73 Å². The number of benzene rings is 6. The van der Waals surface area contributed by atoms with E-state index in [9.17, 15) is 0 Å². The second-order valence-corrected chi connectivity index (χ2v) is 8.39. The van der Waals surface area contributed by atoms with Gasteiger partial charge in [-0.2, -0.15) is 0 Å². The van der Waals surface area contributed by atoms with E-state index in [4.69, 9.17) is 5.73 Å². The highest BCUT2D eigenvalue weighted by molar-refractivity contribution is 5.94. The number of anilines is 1. The molecule has 6 aromatic rings. The van der Waals surface area contributed by atoms with Gasteiger partial charge in [0.25, 0.3) is 0 Å². The zero-order valence-electron chi connectivity index (χ0n) is 20.2. The maximum atomic E-state index is 5.76. The second-order valence-electron chi connectivity index (χ2n) is 8.39. The minimum atomic E-state index is 0. The Hall–Kier alpha value is -4.66. The van der Waals surface area contributed by atoms with Crippen LogP contribution in [-0.2, 0) is 0 Å². The van der Waals surface area contributed by atoms with E-state index in [1.807, 2.05) is 30.3 Å². The van der Waals surface area contributed by atoms with Crippen LogP contribution in [0.2, 0.25) is 0 Å². The summed E-state index contributed by atoms with van der Waals surface area (Å²) >= 11 is 0. The first-order valence-electron chi connectivity index (χ1n) is 11.8. The van der Waals surface area contributed by atoms with Crippen molar-refractivity contribution >= 4 is 16.5 Å². The van der Waals surface area contributed by atoms with Crippen LogP contribution < -0.4 is 11.9 Å². The van der Waals surface area contributed by atoms with Gasteiger partial charge in [0.15, 0.2) is 0 Å². The lowest BCUT2D eigenvalue weighted by Gasteiger charge is -2.16. The number of nitrogens with two attached hydrogens (primary N) is 1. The normalized spacial score (nSPS) is 10.1. The molecule has 0 bridgehead atoms. The van der Waals surface area contributed by atoms with Gasteiger partial charge >= 0.3 is 0 Å². The molecular weight excluding hydrogens is 436 g/mol. The van der Waals surface area contributed by atoms with Crippen molar-refractivity contribution in [1.82, 2.24) is 6.15 Å². The van der Waals surface area contributed by atoms with Crippen molar-refractivity contribution in [1.29, 1.82) is 0 Å². The molecule has 2 heteroatoms. The van der Waals surface area contributed by atoms with Gasteiger partial charge in [0.1, 0.15) is 0 Å². The summed E-state index contributed by atoms with van der Waals surface area (Å²) in [7, 11) is 0. The Morgan fingerprint density at radius 2 is 0.778 bits per heavy atom. The van der Waals surface area contributed by atoms with E-state index in [1.165, 1.54) is 38.8 Å². The lowest BCUT2D eigenvalue weighted by Crippen LogP contribution is -1.90. The molecule has 176 valence electrons. The van der Waals surface area contributed by atoms with Crippen LogP contribution in [0.25, 0.3) is 44.2 Å². The smallest absolute Gasteiger partial charge is 0.0393 e. The predicted octanol–water partition coefficient (Wildman–Crippen LogP) is 9.27. The third-order valence-electron chi connectivity index (χ3n) is 6.12. The highest BCUT2D eigenvalue weighted by Crippen LogP contribution is 2.39. The molecule has 0 spiro atoms. The molecule has 2 nitrogen and oxygen atoms in total. The average molecular weight is 467 g/mol. The molecule has 5 N–H and O–H groups in total. The van der Waals surface area contributed by atoms with Gasteiger partial charge in [0, 0.05) is 11.1 Å². The fourth-order valence-electron chi connectivity index (χ4n) is 4.44. The summed E-state index contributed by atoms with van der Waals surface area (Å²) in [5.74, 6) is 0. The van der Waals surface area contributed by atoms with Crippen LogP contribution in [0, 0.1) is 0 Å². The number of hydrogen-bond acceptors (Lipinski definition) is 2. The van der Waals surface area contributed by atoms with E-state index >= 15 is 0 Å². The molecular formula is C34H30N2. The molecule has 6 aromatic carbocycles. The number of hydrogen-bond donors (Lipinski definition) is 2. The van der Waals surface area contributed by atoms with Crippen LogP contribution >= 0.6 is 0 Å². The fraction of sp³-hybridized carbons (Fsp3) is 0. The van der Waals surface area contributed by atoms with E-state index in [0.29, 0.717) is 0 Å². The van der Waals surface area contributed by atoms with Crippen LogP contribution in [0.4, 0.5) is 5.69 Å². The first-order chi connectivity index (χ1) is 17.3. The summed E-state index contributed by atoms with van der Waals surface area (Å²) in [6.07, 6.45) is 0. The Balaban J connectivity index is 0.000000213. The maximum Gasteiger partial charge on any atom is 0.0393 e. The van der Waals surface area contributed by atoms with E-state index in [1.54, 1.807) is 0 Å². The van der Waals surface area contributed by atoms with Gasteiger partial charge < -0.3 is 11.9 Å². The molecule has 0 atom stereocenters. The van der Waals surface area contributed by atoms with E-state index in [-0.39, 0.29) is 6.15 Å². The van der Waals surface area contributed by atoms with Crippen molar-refractivity contribution in [2.45, 2.75) is 0 Å². The predicted molar refractivity (Wildman–Crippen MR) is 156 cm³/mol. The maximum absolute atomic E-state index is 5.76. The van der Waals surface area contributed by atoms with Gasteiger partial charge in [-0.1, -0.05) is 146 Å². The number of fused-ring (bicyclic) bond motifs is 1. The molecule has 0 saturated heterocycles. The van der Waals surface area contributed by atoms with Gasteiger partial charge in [-0.25, -0.2) is 0 Å². The molecule has 0 radical (unpaired) electrons. The van der Waals surface area contributed by atoms with Gasteiger partial charge in [-0.05, 0) is 44.8 Å². The number of rotatable bonds is 3. The Morgan fingerprint density at radius 1 is 0.361 bits per heavy atom.